The van der Waals surface area contributed by atoms with Crippen molar-refractivity contribution in [1.82, 2.24) is 14.1 Å². The lowest BCUT2D eigenvalue weighted by molar-refractivity contribution is -0.144. The smallest absolute Gasteiger partial charge is 0.334 e. The number of benzene rings is 1. The lowest BCUT2D eigenvalue weighted by Crippen LogP contribution is -2.50. The molecule has 4 rings (SSSR count). The summed E-state index contributed by atoms with van der Waals surface area (Å²) in [7, 11) is 0. The van der Waals surface area contributed by atoms with Crippen LogP contribution in [0.1, 0.15) is 0 Å². The van der Waals surface area contributed by atoms with Gasteiger partial charge in [-0.3, -0.25) is 4.57 Å². The van der Waals surface area contributed by atoms with Crippen molar-refractivity contribution in [2.24, 2.45) is 5.41 Å². The fourth-order valence-corrected chi connectivity index (χ4v) is 3.15. The van der Waals surface area contributed by atoms with E-state index in [0.29, 0.717) is 36.1 Å². The third-order valence-corrected chi connectivity index (χ3v) is 4.67. The van der Waals surface area contributed by atoms with Gasteiger partial charge in [0.1, 0.15) is 0 Å². The van der Waals surface area contributed by atoms with Gasteiger partial charge in [-0.25, -0.2) is 14.3 Å². The van der Waals surface area contributed by atoms with Gasteiger partial charge in [-0.2, -0.15) is 0 Å². The molecule has 6 nitrogen and oxygen atoms in total. The van der Waals surface area contributed by atoms with Crippen molar-refractivity contribution >= 4 is 22.8 Å². The minimum atomic E-state index is -0.404. The van der Waals surface area contributed by atoms with Gasteiger partial charge in [0, 0.05) is 17.8 Å². The summed E-state index contributed by atoms with van der Waals surface area (Å²) in [6, 6.07) is 10.7. The molecule has 0 saturated carbocycles. The number of hydrogen-bond acceptors (Lipinski definition) is 4. The highest BCUT2D eigenvalue weighted by atomic mass is 35.5. The minimum absolute atomic E-state index is 0.0205. The maximum Gasteiger partial charge on any atom is 0.334 e. The van der Waals surface area contributed by atoms with Gasteiger partial charge in [0.25, 0.3) is 0 Å². The minimum Gasteiger partial charge on any atom is -0.396 e. The maximum absolute atomic E-state index is 13.0. The molecule has 1 aliphatic rings. The quantitative estimate of drug-likeness (QED) is 0.783. The van der Waals surface area contributed by atoms with E-state index in [4.69, 9.17) is 16.3 Å². The summed E-state index contributed by atoms with van der Waals surface area (Å²) in [4.78, 5) is 17.4. The number of aromatic nitrogens is 3. The van der Waals surface area contributed by atoms with Crippen LogP contribution in [0.3, 0.4) is 0 Å². The van der Waals surface area contributed by atoms with Crippen LogP contribution in [0, 0.1) is 5.41 Å². The number of aliphatic hydroxyl groups excluding tert-OH is 1. The molecule has 1 N–H and O–H groups in total. The third kappa shape index (κ3) is 2.34. The molecule has 0 aliphatic carbocycles. The average molecular weight is 346 g/mol. The monoisotopic (exact) mass is 345 g/mol. The molecule has 0 amide bonds. The number of fused-ring (bicyclic) bond motifs is 1. The molecule has 2 aromatic heterocycles. The molecule has 0 radical (unpaired) electrons. The van der Waals surface area contributed by atoms with Crippen LogP contribution in [-0.2, 0) is 11.3 Å². The number of halogens is 1. The van der Waals surface area contributed by atoms with Crippen molar-refractivity contribution in [3.05, 3.63) is 58.1 Å². The van der Waals surface area contributed by atoms with Crippen molar-refractivity contribution < 1.29 is 9.84 Å². The van der Waals surface area contributed by atoms with Crippen molar-refractivity contribution in [1.29, 1.82) is 0 Å². The van der Waals surface area contributed by atoms with Crippen LogP contribution < -0.4 is 5.69 Å². The van der Waals surface area contributed by atoms with E-state index >= 15 is 0 Å². The van der Waals surface area contributed by atoms with Crippen LogP contribution in [0.25, 0.3) is 16.9 Å². The Balaban J connectivity index is 1.91. The molecule has 7 heteroatoms. The van der Waals surface area contributed by atoms with E-state index < -0.39 is 5.41 Å². The Kier molecular flexibility index (Phi) is 3.68. The van der Waals surface area contributed by atoms with Gasteiger partial charge in [0.15, 0.2) is 5.65 Å². The molecule has 0 spiro atoms. The lowest BCUT2D eigenvalue weighted by atomic mass is 9.87. The lowest BCUT2D eigenvalue weighted by Gasteiger charge is -2.39. The van der Waals surface area contributed by atoms with Gasteiger partial charge in [-0.15, -0.1) is 0 Å². The summed E-state index contributed by atoms with van der Waals surface area (Å²) < 4.78 is 8.47. The van der Waals surface area contributed by atoms with Gasteiger partial charge in [0.05, 0.1) is 36.4 Å². The number of nitrogens with zero attached hydrogens (tertiary/aromatic N) is 3. The molecule has 1 fully saturated rings. The fraction of sp³-hybridized carbons (Fsp3) is 0.294. The number of pyridine rings is 1. The zero-order chi connectivity index (χ0) is 16.7. The van der Waals surface area contributed by atoms with E-state index in [9.17, 15) is 9.90 Å². The summed E-state index contributed by atoms with van der Waals surface area (Å²) >= 11 is 5.94. The van der Waals surface area contributed by atoms with E-state index in [1.54, 1.807) is 45.7 Å². The number of rotatable bonds is 4. The zero-order valence-electron chi connectivity index (χ0n) is 12.9. The van der Waals surface area contributed by atoms with Gasteiger partial charge in [0.2, 0.25) is 0 Å². The Morgan fingerprint density at radius 2 is 2.00 bits per heavy atom. The van der Waals surface area contributed by atoms with Crippen LogP contribution in [0.4, 0.5) is 0 Å². The second kappa shape index (κ2) is 5.73. The second-order valence-corrected chi connectivity index (χ2v) is 6.61. The summed E-state index contributed by atoms with van der Waals surface area (Å²) in [5, 5.41) is 10.3. The zero-order valence-corrected chi connectivity index (χ0v) is 13.6. The first-order chi connectivity index (χ1) is 11.6. The standard InChI is InChI=1S/C17H16ClN3O3/c18-12-3-5-13(6-4-12)21-15-14(2-1-7-19-15)20(16(21)23)8-17(9-22)10-24-11-17/h1-7,22H,8-11H2. The van der Waals surface area contributed by atoms with Crippen LogP contribution in [0.2, 0.25) is 5.02 Å². The molecule has 1 aliphatic heterocycles. The Labute approximate surface area is 142 Å². The van der Waals surface area contributed by atoms with E-state index in [1.807, 2.05) is 6.07 Å². The predicted molar refractivity (Wildman–Crippen MR) is 90.7 cm³/mol. The highest BCUT2D eigenvalue weighted by Gasteiger charge is 2.39. The Hall–Kier alpha value is -2.15. The SMILES string of the molecule is O=c1n(CC2(CO)COC2)c2cccnc2n1-c1ccc(Cl)cc1. The van der Waals surface area contributed by atoms with E-state index in [1.165, 1.54) is 0 Å². The average Bonchev–Trinajstić information content (AvgIpc) is 2.84. The van der Waals surface area contributed by atoms with Gasteiger partial charge in [-0.1, -0.05) is 11.6 Å². The number of imidazole rings is 1. The molecular weight excluding hydrogens is 330 g/mol. The van der Waals surface area contributed by atoms with Crippen molar-refractivity contribution in [2.75, 3.05) is 19.8 Å². The molecule has 1 aromatic carbocycles. The molecule has 1 saturated heterocycles. The van der Waals surface area contributed by atoms with Crippen LogP contribution >= 0.6 is 11.6 Å². The Morgan fingerprint density at radius 3 is 2.62 bits per heavy atom. The first-order valence-corrected chi connectivity index (χ1v) is 8.02. The number of aliphatic hydroxyl groups is 1. The van der Waals surface area contributed by atoms with Gasteiger partial charge >= 0.3 is 5.69 Å². The largest absolute Gasteiger partial charge is 0.396 e. The Morgan fingerprint density at radius 1 is 1.25 bits per heavy atom. The highest BCUT2D eigenvalue weighted by molar-refractivity contribution is 6.30. The number of ether oxygens (including phenoxy) is 1. The molecule has 0 unspecified atom stereocenters. The molecule has 3 aromatic rings. The summed E-state index contributed by atoms with van der Waals surface area (Å²) in [6.45, 7) is 1.27. The third-order valence-electron chi connectivity index (χ3n) is 4.42. The summed E-state index contributed by atoms with van der Waals surface area (Å²) in [5.74, 6) is 0. The highest BCUT2D eigenvalue weighted by Crippen LogP contribution is 2.30. The van der Waals surface area contributed by atoms with E-state index in [0.717, 1.165) is 5.52 Å². The maximum atomic E-state index is 13.0. The molecule has 24 heavy (non-hydrogen) atoms. The molecule has 0 bridgehead atoms. The first kappa shape index (κ1) is 15.4. The van der Waals surface area contributed by atoms with Crippen LogP contribution in [-0.4, -0.2) is 39.0 Å². The summed E-state index contributed by atoms with van der Waals surface area (Å²) in [5.41, 5.74) is 1.43. The van der Waals surface area contributed by atoms with Crippen molar-refractivity contribution in [3.63, 3.8) is 0 Å². The fourth-order valence-electron chi connectivity index (χ4n) is 3.02. The molecule has 0 atom stereocenters. The van der Waals surface area contributed by atoms with Gasteiger partial charge in [-0.05, 0) is 36.4 Å². The normalized spacial score (nSPS) is 16.2. The van der Waals surface area contributed by atoms with Crippen molar-refractivity contribution in [3.8, 4) is 5.69 Å². The topological polar surface area (TPSA) is 69.3 Å². The molecule has 3 heterocycles. The molecular formula is C17H16ClN3O3. The van der Waals surface area contributed by atoms with Gasteiger partial charge < -0.3 is 9.84 Å². The number of hydrogen-bond donors (Lipinski definition) is 1. The van der Waals surface area contributed by atoms with Crippen LogP contribution in [0.15, 0.2) is 47.4 Å². The Bertz CT molecular complexity index is 936. The van der Waals surface area contributed by atoms with Crippen molar-refractivity contribution in [2.45, 2.75) is 6.54 Å². The first-order valence-electron chi connectivity index (χ1n) is 7.64. The van der Waals surface area contributed by atoms with E-state index in [2.05, 4.69) is 4.98 Å². The second-order valence-electron chi connectivity index (χ2n) is 6.18. The van der Waals surface area contributed by atoms with E-state index in [-0.39, 0.29) is 12.3 Å². The predicted octanol–water partition coefficient (Wildman–Crippen LogP) is 1.85. The molecule has 124 valence electrons. The van der Waals surface area contributed by atoms with Crippen LogP contribution in [0.5, 0.6) is 0 Å². The summed E-state index contributed by atoms with van der Waals surface area (Å²) in [6.07, 6.45) is 1.66.